The summed E-state index contributed by atoms with van der Waals surface area (Å²) in [5.74, 6) is -0.406. The molecular formula is C23H34N4O7. The van der Waals surface area contributed by atoms with Crippen LogP contribution in [0, 0.1) is 0 Å². The van der Waals surface area contributed by atoms with Gasteiger partial charge in [-0.15, -0.1) is 0 Å². The van der Waals surface area contributed by atoms with Crippen molar-refractivity contribution < 1.29 is 33.4 Å². The third kappa shape index (κ3) is 9.16. The Morgan fingerprint density at radius 1 is 0.941 bits per heavy atom. The van der Waals surface area contributed by atoms with Crippen LogP contribution in [0.5, 0.6) is 0 Å². The number of alkyl carbamates (subject to hydrolysis) is 2. The molecule has 4 amide bonds. The molecule has 0 spiro atoms. The first-order valence-electron chi connectivity index (χ1n) is 11.2. The summed E-state index contributed by atoms with van der Waals surface area (Å²) in [6.07, 6.45) is -1.93. The highest BCUT2D eigenvalue weighted by Crippen LogP contribution is 2.09. The van der Waals surface area contributed by atoms with Crippen molar-refractivity contribution in [3.8, 4) is 0 Å². The van der Waals surface area contributed by atoms with Gasteiger partial charge in [0.25, 0.3) is 0 Å². The fourth-order valence-corrected chi connectivity index (χ4v) is 3.15. The molecule has 0 unspecified atom stereocenters. The normalized spacial score (nSPS) is 14.6. The van der Waals surface area contributed by atoms with Crippen molar-refractivity contribution >= 4 is 24.2 Å². The minimum atomic E-state index is -1.08. The lowest BCUT2D eigenvalue weighted by Crippen LogP contribution is -2.58. The molecule has 1 aromatic rings. The number of ether oxygens (including phenoxy) is 3. The van der Waals surface area contributed by atoms with Crippen LogP contribution in [0.4, 0.5) is 14.4 Å². The minimum absolute atomic E-state index is 0.0330. The number of nitrogens with zero attached hydrogens (tertiary/aromatic N) is 2. The van der Waals surface area contributed by atoms with Crippen LogP contribution in [0.15, 0.2) is 30.3 Å². The lowest BCUT2D eigenvalue weighted by Gasteiger charge is -2.35. The molecule has 11 heteroatoms. The molecule has 1 saturated heterocycles. The van der Waals surface area contributed by atoms with Gasteiger partial charge in [-0.2, -0.15) is 0 Å². The summed E-state index contributed by atoms with van der Waals surface area (Å²) in [5, 5.41) is 5.05. The Hall–Kier alpha value is -3.50. The number of amides is 4. The Morgan fingerprint density at radius 2 is 1.56 bits per heavy atom. The molecule has 1 aliphatic rings. The lowest BCUT2D eigenvalue weighted by atomic mass is 10.2. The highest BCUT2D eigenvalue weighted by Gasteiger charge is 2.31. The van der Waals surface area contributed by atoms with Gasteiger partial charge in [0.1, 0.15) is 18.2 Å². The molecule has 34 heavy (non-hydrogen) atoms. The van der Waals surface area contributed by atoms with Crippen LogP contribution >= 0.6 is 0 Å². The largest absolute Gasteiger partial charge is 0.450 e. The second-order valence-corrected chi connectivity index (χ2v) is 8.65. The van der Waals surface area contributed by atoms with Gasteiger partial charge in [-0.1, -0.05) is 30.3 Å². The van der Waals surface area contributed by atoms with E-state index in [1.807, 2.05) is 30.3 Å². The van der Waals surface area contributed by atoms with Crippen LogP contribution in [0.3, 0.4) is 0 Å². The number of hydrogen-bond donors (Lipinski definition) is 2. The van der Waals surface area contributed by atoms with E-state index in [0.29, 0.717) is 13.1 Å². The Balaban J connectivity index is 1.97. The summed E-state index contributed by atoms with van der Waals surface area (Å²) >= 11 is 0. The van der Waals surface area contributed by atoms with Gasteiger partial charge >= 0.3 is 18.3 Å². The number of rotatable bonds is 7. The smallest absolute Gasteiger partial charge is 0.409 e. The quantitative estimate of drug-likeness (QED) is 0.575. The van der Waals surface area contributed by atoms with Crippen molar-refractivity contribution in [2.24, 2.45) is 0 Å². The monoisotopic (exact) mass is 478 g/mol. The molecule has 0 bridgehead atoms. The number of carbonyl (C=O) groups is 4. The van der Waals surface area contributed by atoms with Crippen molar-refractivity contribution in [3.05, 3.63) is 35.9 Å². The number of piperazine rings is 1. The molecule has 1 atom stereocenters. The van der Waals surface area contributed by atoms with Gasteiger partial charge in [-0.05, 0) is 33.3 Å². The summed E-state index contributed by atoms with van der Waals surface area (Å²) < 4.78 is 15.4. The number of hydrogen-bond acceptors (Lipinski definition) is 7. The molecule has 2 N–H and O–H groups in total. The van der Waals surface area contributed by atoms with Gasteiger partial charge in [0.05, 0.1) is 13.2 Å². The van der Waals surface area contributed by atoms with E-state index in [2.05, 4.69) is 10.6 Å². The van der Waals surface area contributed by atoms with Crippen molar-refractivity contribution in [3.63, 3.8) is 0 Å². The van der Waals surface area contributed by atoms with Crippen molar-refractivity contribution in [1.29, 1.82) is 0 Å². The maximum absolute atomic E-state index is 13.1. The number of benzene rings is 1. The fourth-order valence-electron chi connectivity index (χ4n) is 3.15. The van der Waals surface area contributed by atoms with E-state index < -0.39 is 35.8 Å². The van der Waals surface area contributed by atoms with Crippen LogP contribution in [0.2, 0.25) is 0 Å². The average molecular weight is 479 g/mol. The predicted octanol–water partition coefficient (Wildman–Crippen LogP) is 2.11. The third-order valence-electron chi connectivity index (χ3n) is 4.77. The second kappa shape index (κ2) is 12.7. The van der Waals surface area contributed by atoms with Crippen LogP contribution in [0.1, 0.15) is 33.3 Å². The summed E-state index contributed by atoms with van der Waals surface area (Å²) in [6.45, 7) is 8.13. The van der Waals surface area contributed by atoms with E-state index in [4.69, 9.17) is 14.2 Å². The SMILES string of the molecule is CCOC(=O)N1CCN(C(=O)[C@H](CNC(=O)OC(C)(C)C)NC(=O)OCc2ccccc2)CC1. The second-order valence-electron chi connectivity index (χ2n) is 8.65. The first kappa shape index (κ1) is 26.7. The van der Waals surface area contributed by atoms with Gasteiger partial charge in [-0.3, -0.25) is 4.79 Å². The summed E-state index contributed by atoms with van der Waals surface area (Å²) in [7, 11) is 0. The zero-order chi connectivity index (χ0) is 25.1. The van der Waals surface area contributed by atoms with E-state index >= 15 is 0 Å². The van der Waals surface area contributed by atoms with Crippen LogP contribution in [0.25, 0.3) is 0 Å². The molecule has 1 heterocycles. The summed E-state index contributed by atoms with van der Waals surface area (Å²) in [5.41, 5.74) is 0.0807. The lowest BCUT2D eigenvalue weighted by molar-refractivity contribution is -0.134. The molecule has 1 aliphatic heterocycles. The van der Waals surface area contributed by atoms with Crippen molar-refractivity contribution in [1.82, 2.24) is 20.4 Å². The number of nitrogens with one attached hydrogen (secondary N) is 2. The van der Waals surface area contributed by atoms with Gasteiger partial charge < -0.3 is 34.6 Å². The molecule has 0 aliphatic carbocycles. The van der Waals surface area contributed by atoms with Gasteiger partial charge in [-0.25, -0.2) is 14.4 Å². The molecule has 188 valence electrons. The van der Waals surface area contributed by atoms with Gasteiger partial charge in [0.15, 0.2) is 0 Å². The van der Waals surface area contributed by atoms with E-state index in [9.17, 15) is 19.2 Å². The topological polar surface area (TPSA) is 127 Å². The molecule has 11 nitrogen and oxygen atoms in total. The van der Waals surface area contributed by atoms with Crippen LogP contribution < -0.4 is 10.6 Å². The van der Waals surface area contributed by atoms with Gasteiger partial charge in [0, 0.05) is 26.2 Å². The van der Waals surface area contributed by atoms with Crippen LogP contribution in [-0.2, 0) is 25.6 Å². The molecular weight excluding hydrogens is 444 g/mol. The summed E-state index contributed by atoms with van der Waals surface area (Å²) in [4.78, 5) is 52.5. The maximum atomic E-state index is 13.1. The molecule has 1 aromatic carbocycles. The Bertz CT molecular complexity index is 833. The van der Waals surface area contributed by atoms with E-state index in [0.717, 1.165) is 5.56 Å². The Kier molecular flexibility index (Phi) is 9.96. The van der Waals surface area contributed by atoms with Crippen LogP contribution in [-0.4, -0.2) is 85.0 Å². The molecule has 1 fully saturated rings. The van der Waals surface area contributed by atoms with Gasteiger partial charge in [0.2, 0.25) is 5.91 Å². The zero-order valence-corrected chi connectivity index (χ0v) is 20.2. The van der Waals surface area contributed by atoms with E-state index in [1.54, 1.807) is 27.7 Å². The standard InChI is InChI=1S/C23H34N4O7/c1-5-32-22(31)27-13-11-26(12-14-27)19(28)18(15-24-20(29)34-23(2,3)4)25-21(30)33-16-17-9-7-6-8-10-17/h6-10,18H,5,11-16H2,1-4H3,(H,24,29)(H,25,30)/t18-/m0/s1. The van der Waals surface area contributed by atoms with Crippen molar-refractivity contribution in [2.45, 2.75) is 45.9 Å². The highest BCUT2D eigenvalue weighted by molar-refractivity contribution is 5.86. The molecule has 2 rings (SSSR count). The molecule has 0 saturated carbocycles. The zero-order valence-electron chi connectivity index (χ0n) is 20.2. The highest BCUT2D eigenvalue weighted by atomic mass is 16.6. The third-order valence-corrected chi connectivity index (χ3v) is 4.77. The fraction of sp³-hybridized carbons (Fsp3) is 0.565. The average Bonchev–Trinajstić information content (AvgIpc) is 2.79. The molecule has 0 radical (unpaired) electrons. The first-order chi connectivity index (χ1) is 16.1. The molecule has 0 aromatic heterocycles. The van der Waals surface area contributed by atoms with E-state index in [-0.39, 0.29) is 32.8 Å². The maximum Gasteiger partial charge on any atom is 0.409 e. The van der Waals surface area contributed by atoms with E-state index in [1.165, 1.54) is 9.80 Å². The Labute approximate surface area is 199 Å². The number of carbonyl (C=O) groups excluding carboxylic acids is 4. The van der Waals surface area contributed by atoms with Crippen molar-refractivity contribution in [2.75, 3.05) is 39.3 Å². The first-order valence-corrected chi connectivity index (χ1v) is 11.2. The Morgan fingerprint density at radius 3 is 2.15 bits per heavy atom. The predicted molar refractivity (Wildman–Crippen MR) is 123 cm³/mol. The summed E-state index contributed by atoms with van der Waals surface area (Å²) in [6, 6.07) is 8.03. The minimum Gasteiger partial charge on any atom is -0.450 e.